The average Bonchev–Trinajstić information content (AvgIpc) is 3.30. The van der Waals surface area contributed by atoms with Crippen LogP contribution in [0.15, 0.2) is 59.4 Å². The minimum atomic E-state index is -0.449. The van der Waals surface area contributed by atoms with Gasteiger partial charge in [0.25, 0.3) is 11.5 Å². The van der Waals surface area contributed by atoms with Gasteiger partial charge in [-0.2, -0.15) is 0 Å². The second-order valence-corrected chi connectivity index (χ2v) is 8.88. The maximum atomic E-state index is 12.6. The molecular formula is C27H28N4O5. The zero-order valence-electron chi connectivity index (χ0n) is 20.1. The predicted molar refractivity (Wildman–Crippen MR) is 137 cm³/mol. The van der Waals surface area contributed by atoms with E-state index in [1.165, 1.54) is 6.92 Å². The van der Waals surface area contributed by atoms with E-state index < -0.39 is 5.97 Å². The Balaban J connectivity index is 1.17. The second-order valence-electron chi connectivity index (χ2n) is 8.88. The molecule has 4 aromatic rings. The van der Waals surface area contributed by atoms with Gasteiger partial charge in [0.15, 0.2) is 6.61 Å². The van der Waals surface area contributed by atoms with Gasteiger partial charge in [-0.15, -0.1) is 0 Å². The number of nitrogens with one attached hydrogen (secondary N) is 2. The molecule has 9 heteroatoms. The largest absolute Gasteiger partial charge is 0.492 e. The second kappa shape index (κ2) is 10.2. The van der Waals surface area contributed by atoms with Gasteiger partial charge in [-0.05, 0) is 41.8 Å². The number of hydrogen-bond acceptors (Lipinski definition) is 6. The van der Waals surface area contributed by atoms with Gasteiger partial charge in [-0.3, -0.25) is 19.3 Å². The number of piperazine rings is 1. The van der Waals surface area contributed by atoms with Crippen LogP contribution in [-0.4, -0.2) is 77.6 Å². The minimum Gasteiger partial charge on any atom is -0.492 e. The third-order valence-corrected chi connectivity index (χ3v) is 6.44. The Hall–Kier alpha value is -4.11. The number of H-pyrrole nitrogens is 2. The Kier molecular flexibility index (Phi) is 6.73. The number of esters is 1. The Morgan fingerprint density at radius 3 is 2.50 bits per heavy atom. The zero-order chi connectivity index (χ0) is 25.1. The van der Waals surface area contributed by atoms with Crippen LogP contribution in [0.4, 0.5) is 0 Å². The van der Waals surface area contributed by atoms with Crippen molar-refractivity contribution in [1.29, 1.82) is 0 Å². The molecule has 0 spiro atoms. The van der Waals surface area contributed by atoms with E-state index >= 15 is 0 Å². The minimum absolute atomic E-state index is 0.134. The summed E-state index contributed by atoms with van der Waals surface area (Å²) in [4.78, 5) is 45.8. The monoisotopic (exact) mass is 488 g/mol. The topological polar surface area (TPSA) is 108 Å². The fraction of sp³-hybridized carbons (Fsp3) is 0.296. The zero-order valence-corrected chi connectivity index (χ0v) is 20.1. The number of ether oxygens (including phenoxy) is 2. The molecule has 0 saturated carbocycles. The highest BCUT2D eigenvalue weighted by Crippen LogP contribution is 2.27. The van der Waals surface area contributed by atoms with Gasteiger partial charge in [-0.25, -0.2) is 0 Å². The molecule has 1 aliphatic heterocycles. The number of nitrogens with zero attached hydrogens (tertiary/aromatic N) is 2. The lowest BCUT2D eigenvalue weighted by atomic mass is 10.1. The molecule has 5 rings (SSSR count). The predicted octanol–water partition coefficient (Wildman–Crippen LogP) is 2.76. The van der Waals surface area contributed by atoms with Crippen LogP contribution >= 0.6 is 0 Å². The molecule has 2 aromatic carbocycles. The van der Waals surface area contributed by atoms with Crippen molar-refractivity contribution in [3.63, 3.8) is 0 Å². The van der Waals surface area contributed by atoms with Crippen molar-refractivity contribution >= 4 is 33.7 Å². The molecular weight excluding hydrogens is 460 g/mol. The maximum Gasteiger partial charge on any atom is 0.303 e. The number of amides is 1. The summed E-state index contributed by atoms with van der Waals surface area (Å²) in [6.07, 6.45) is 0. The highest BCUT2D eigenvalue weighted by atomic mass is 16.5. The van der Waals surface area contributed by atoms with Gasteiger partial charge >= 0.3 is 5.97 Å². The average molecular weight is 489 g/mol. The molecule has 0 aliphatic carbocycles. The van der Waals surface area contributed by atoms with Crippen LogP contribution in [0, 0.1) is 0 Å². The molecule has 0 atom stereocenters. The van der Waals surface area contributed by atoms with Crippen molar-refractivity contribution in [1.82, 2.24) is 19.8 Å². The highest BCUT2D eigenvalue weighted by Gasteiger charge is 2.21. The number of pyridine rings is 1. The Morgan fingerprint density at radius 2 is 1.69 bits per heavy atom. The number of rotatable bonds is 7. The van der Waals surface area contributed by atoms with E-state index in [-0.39, 0.29) is 18.1 Å². The van der Waals surface area contributed by atoms with E-state index in [0.29, 0.717) is 25.3 Å². The lowest BCUT2D eigenvalue weighted by Crippen LogP contribution is -2.50. The van der Waals surface area contributed by atoms with Crippen LogP contribution in [0.1, 0.15) is 6.92 Å². The van der Waals surface area contributed by atoms with Crippen LogP contribution in [0.25, 0.3) is 33.1 Å². The van der Waals surface area contributed by atoms with E-state index in [4.69, 9.17) is 9.47 Å². The molecule has 2 aromatic heterocycles. The van der Waals surface area contributed by atoms with Crippen LogP contribution in [0.2, 0.25) is 0 Å². The maximum absolute atomic E-state index is 12.6. The molecule has 3 heterocycles. The summed E-state index contributed by atoms with van der Waals surface area (Å²) in [6.45, 7) is 5.06. The third-order valence-electron chi connectivity index (χ3n) is 6.44. The number of hydrogen-bond donors (Lipinski definition) is 2. The normalized spacial score (nSPS) is 14.3. The van der Waals surface area contributed by atoms with Crippen LogP contribution < -0.4 is 10.3 Å². The summed E-state index contributed by atoms with van der Waals surface area (Å²) in [6, 6.07) is 17.4. The van der Waals surface area contributed by atoms with E-state index in [1.54, 1.807) is 4.90 Å². The molecule has 1 saturated heterocycles. The van der Waals surface area contributed by atoms with E-state index in [2.05, 4.69) is 14.9 Å². The number of fused-ring (bicyclic) bond motifs is 2. The molecule has 0 radical (unpaired) electrons. The standard InChI is InChI=1S/C27H28N4O5/c1-18(32)36-17-26(33)31-10-8-30(9-11-31)12-13-35-21-6-7-24-20(14-21)16-25(28-24)22-15-19-4-2-3-5-23(19)29-27(22)34/h2-7,14-16,28H,8-13,17H2,1H3,(H,29,34). The number of aromatic amines is 2. The number of carbonyl (C=O) groups is 2. The Bertz CT molecular complexity index is 1470. The van der Waals surface area contributed by atoms with Gasteiger partial charge in [-0.1, -0.05) is 18.2 Å². The van der Waals surface area contributed by atoms with E-state index in [1.807, 2.05) is 54.6 Å². The fourth-order valence-corrected chi connectivity index (χ4v) is 4.46. The molecule has 1 amide bonds. The summed E-state index contributed by atoms with van der Waals surface area (Å²) >= 11 is 0. The van der Waals surface area contributed by atoms with Gasteiger partial charge in [0, 0.05) is 56.1 Å². The Labute approximate surface area is 207 Å². The van der Waals surface area contributed by atoms with Crippen molar-refractivity contribution in [3.8, 4) is 17.0 Å². The lowest BCUT2D eigenvalue weighted by Gasteiger charge is -2.34. The van der Waals surface area contributed by atoms with Gasteiger partial charge < -0.3 is 24.3 Å². The van der Waals surface area contributed by atoms with Gasteiger partial charge in [0.1, 0.15) is 12.4 Å². The first-order chi connectivity index (χ1) is 17.5. The number of carbonyl (C=O) groups excluding carboxylic acids is 2. The fourth-order valence-electron chi connectivity index (χ4n) is 4.46. The lowest BCUT2D eigenvalue weighted by molar-refractivity contribution is -0.151. The van der Waals surface area contributed by atoms with Gasteiger partial charge in [0.2, 0.25) is 0 Å². The summed E-state index contributed by atoms with van der Waals surface area (Å²) in [5.41, 5.74) is 2.96. The summed E-state index contributed by atoms with van der Waals surface area (Å²) in [5.74, 6) is 0.150. The van der Waals surface area contributed by atoms with Crippen molar-refractivity contribution in [2.45, 2.75) is 6.92 Å². The molecule has 36 heavy (non-hydrogen) atoms. The molecule has 0 bridgehead atoms. The van der Waals surface area contributed by atoms with Crippen LogP contribution in [0.3, 0.4) is 0 Å². The molecule has 2 N–H and O–H groups in total. The summed E-state index contributed by atoms with van der Waals surface area (Å²) in [5, 5.41) is 1.94. The van der Waals surface area contributed by atoms with Crippen molar-refractivity contribution in [2.75, 3.05) is 45.9 Å². The summed E-state index contributed by atoms with van der Waals surface area (Å²) < 4.78 is 10.8. The molecule has 0 unspecified atom stereocenters. The SMILES string of the molecule is CC(=O)OCC(=O)N1CCN(CCOc2ccc3[nH]c(-c4cc5ccccc5[nH]c4=O)cc3c2)CC1. The van der Waals surface area contributed by atoms with Crippen molar-refractivity contribution < 1.29 is 19.1 Å². The number of para-hydroxylation sites is 1. The first kappa shape index (κ1) is 23.6. The first-order valence-electron chi connectivity index (χ1n) is 12.0. The van der Waals surface area contributed by atoms with Gasteiger partial charge in [0.05, 0.1) is 11.3 Å². The first-order valence-corrected chi connectivity index (χ1v) is 12.0. The molecule has 1 aliphatic rings. The van der Waals surface area contributed by atoms with E-state index in [0.717, 1.165) is 52.9 Å². The quantitative estimate of drug-likeness (QED) is 0.388. The number of benzene rings is 2. The Morgan fingerprint density at radius 1 is 0.917 bits per heavy atom. The third kappa shape index (κ3) is 5.26. The highest BCUT2D eigenvalue weighted by molar-refractivity contribution is 5.89. The van der Waals surface area contributed by atoms with Crippen LogP contribution in [-0.2, 0) is 14.3 Å². The number of aromatic nitrogens is 2. The molecule has 186 valence electrons. The van der Waals surface area contributed by atoms with Crippen molar-refractivity contribution in [3.05, 3.63) is 65.0 Å². The van der Waals surface area contributed by atoms with Crippen molar-refractivity contribution in [2.24, 2.45) is 0 Å². The molecule has 9 nitrogen and oxygen atoms in total. The van der Waals surface area contributed by atoms with E-state index in [9.17, 15) is 14.4 Å². The molecule has 1 fully saturated rings. The summed E-state index contributed by atoms with van der Waals surface area (Å²) in [7, 11) is 0. The van der Waals surface area contributed by atoms with Crippen LogP contribution in [0.5, 0.6) is 5.75 Å². The smallest absolute Gasteiger partial charge is 0.303 e.